The highest BCUT2D eigenvalue weighted by Gasteiger charge is 2.29. The maximum Gasteiger partial charge on any atom is 0.308 e. The number of likely N-dealkylation sites (N-methyl/N-ethyl adjacent to an activating group) is 1. The molecule has 1 aromatic heterocycles. The first-order valence-corrected chi connectivity index (χ1v) is 8.92. The summed E-state index contributed by atoms with van der Waals surface area (Å²) in [6.45, 7) is 0.495. The van der Waals surface area contributed by atoms with Gasteiger partial charge in [-0.2, -0.15) is 5.10 Å². The molecule has 1 aliphatic heterocycles. The van der Waals surface area contributed by atoms with E-state index in [0.717, 1.165) is 0 Å². The zero-order valence-electron chi connectivity index (χ0n) is 15.4. The summed E-state index contributed by atoms with van der Waals surface area (Å²) in [5, 5.41) is 15.8. The molecule has 0 radical (unpaired) electrons. The lowest BCUT2D eigenvalue weighted by molar-refractivity contribution is -0.145. The number of carboxylic acid groups (broad SMARTS) is 1. The number of amides is 2. The molecular weight excluding hydrogens is 367 g/mol. The Morgan fingerprint density at radius 2 is 2.04 bits per heavy atom. The van der Waals surface area contributed by atoms with Crippen LogP contribution in [-0.2, 0) is 9.59 Å². The second kappa shape index (κ2) is 8.20. The van der Waals surface area contributed by atoms with Crippen molar-refractivity contribution < 1.29 is 23.9 Å². The third-order valence-corrected chi connectivity index (χ3v) is 4.79. The van der Waals surface area contributed by atoms with Crippen molar-refractivity contribution in [3.8, 4) is 11.3 Å². The molecule has 1 aliphatic rings. The lowest BCUT2D eigenvalue weighted by Gasteiger charge is -2.31. The average molecular weight is 388 g/mol. The van der Waals surface area contributed by atoms with Gasteiger partial charge >= 0.3 is 5.97 Å². The summed E-state index contributed by atoms with van der Waals surface area (Å²) in [7, 11) is 1.50. The molecule has 1 aromatic carbocycles. The molecule has 1 saturated heterocycles. The largest absolute Gasteiger partial charge is 0.481 e. The number of hydrogen-bond donors (Lipinski definition) is 2. The van der Waals surface area contributed by atoms with Gasteiger partial charge in [0.25, 0.3) is 5.91 Å². The van der Waals surface area contributed by atoms with Crippen LogP contribution >= 0.6 is 0 Å². The SMILES string of the molecule is CN(CC(=O)N1CCCC(C(=O)O)C1)C(=O)c1cc(-c2ccc(F)cc2)n[nH]1. The van der Waals surface area contributed by atoms with Crippen LogP contribution in [0, 0.1) is 11.7 Å². The van der Waals surface area contributed by atoms with E-state index in [9.17, 15) is 18.8 Å². The molecule has 3 rings (SSSR count). The minimum absolute atomic E-state index is 0.157. The number of halogens is 1. The van der Waals surface area contributed by atoms with Crippen molar-refractivity contribution in [1.29, 1.82) is 0 Å². The molecule has 0 spiro atoms. The van der Waals surface area contributed by atoms with Gasteiger partial charge < -0.3 is 14.9 Å². The van der Waals surface area contributed by atoms with Crippen molar-refractivity contribution in [2.45, 2.75) is 12.8 Å². The van der Waals surface area contributed by atoms with E-state index in [1.54, 1.807) is 12.1 Å². The van der Waals surface area contributed by atoms with E-state index in [-0.39, 0.29) is 30.5 Å². The van der Waals surface area contributed by atoms with Crippen molar-refractivity contribution in [1.82, 2.24) is 20.0 Å². The molecule has 148 valence electrons. The Labute approximate surface area is 160 Å². The number of benzene rings is 1. The second-order valence-electron chi connectivity index (χ2n) is 6.85. The normalized spacial score (nSPS) is 16.6. The number of piperidine rings is 1. The molecule has 0 saturated carbocycles. The van der Waals surface area contributed by atoms with E-state index in [2.05, 4.69) is 10.2 Å². The highest BCUT2D eigenvalue weighted by Crippen LogP contribution is 2.19. The van der Waals surface area contributed by atoms with Crippen LogP contribution in [-0.4, -0.2) is 69.6 Å². The fraction of sp³-hybridized carbons (Fsp3) is 0.368. The van der Waals surface area contributed by atoms with E-state index in [0.29, 0.717) is 30.6 Å². The molecule has 2 aromatic rings. The average Bonchev–Trinajstić information content (AvgIpc) is 3.18. The van der Waals surface area contributed by atoms with E-state index >= 15 is 0 Å². The van der Waals surface area contributed by atoms with Crippen LogP contribution in [0.5, 0.6) is 0 Å². The lowest BCUT2D eigenvalue weighted by atomic mass is 9.98. The summed E-state index contributed by atoms with van der Waals surface area (Å²) in [6.07, 6.45) is 1.18. The predicted molar refractivity (Wildman–Crippen MR) is 97.9 cm³/mol. The van der Waals surface area contributed by atoms with Crippen LogP contribution in [0.3, 0.4) is 0 Å². The maximum atomic E-state index is 13.0. The Bertz CT molecular complexity index is 880. The van der Waals surface area contributed by atoms with Gasteiger partial charge in [-0.1, -0.05) is 0 Å². The molecule has 0 aliphatic carbocycles. The molecule has 2 heterocycles. The second-order valence-corrected chi connectivity index (χ2v) is 6.85. The number of aromatic nitrogens is 2. The molecule has 28 heavy (non-hydrogen) atoms. The van der Waals surface area contributed by atoms with Crippen molar-refractivity contribution in [3.05, 3.63) is 41.8 Å². The summed E-state index contributed by atoms with van der Waals surface area (Å²) in [5.74, 6) is -2.55. The number of carbonyl (C=O) groups excluding carboxylic acids is 2. The highest BCUT2D eigenvalue weighted by atomic mass is 19.1. The number of aliphatic carboxylic acids is 1. The first-order chi connectivity index (χ1) is 13.3. The van der Waals surface area contributed by atoms with E-state index in [4.69, 9.17) is 5.11 Å². The monoisotopic (exact) mass is 388 g/mol. The third kappa shape index (κ3) is 4.36. The molecule has 0 bridgehead atoms. The standard InChI is InChI=1S/C19H21FN4O4/c1-23(11-17(25)24-8-2-3-13(10-24)19(27)28)18(26)16-9-15(21-22-16)12-4-6-14(20)7-5-12/h4-7,9,13H,2-3,8,10-11H2,1H3,(H,21,22)(H,27,28). The molecule has 1 fully saturated rings. The molecule has 9 heteroatoms. The Morgan fingerprint density at radius 1 is 1.32 bits per heavy atom. The number of carbonyl (C=O) groups is 3. The summed E-state index contributed by atoms with van der Waals surface area (Å²) >= 11 is 0. The van der Waals surface area contributed by atoms with Gasteiger partial charge in [0.05, 0.1) is 18.2 Å². The molecule has 1 atom stereocenters. The quantitative estimate of drug-likeness (QED) is 0.809. The van der Waals surface area contributed by atoms with E-state index in [1.165, 1.54) is 35.0 Å². The zero-order valence-corrected chi connectivity index (χ0v) is 15.4. The van der Waals surface area contributed by atoms with Crippen LogP contribution in [0.2, 0.25) is 0 Å². The fourth-order valence-electron chi connectivity index (χ4n) is 3.19. The Hall–Kier alpha value is -3.23. The number of nitrogens with one attached hydrogen (secondary N) is 1. The number of likely N-dealkylation sites (tertiary alicyclic amines) is 1. The summed E-state index contributed by atoms with van der Waals surface area (Å²) in [5.41, 5.74) is 1.35. The van der Waals surface area contributed by atoms with Crippen LogP contribution < -0.4 is 0 Å². The number of nitrogens with zero attached hydrogens (tertiary/aromatic N) is 3. The minimum atomic E-state index is -0.910. The molecule has 2 amide bonds. The Balaban J connectivity index is 1.62. The van der Waals surface area contributed by atoms with Gasteiger partial charge in [-0.05, 0) is 43.2 Å². The van der Waals surface area contributed by atoms with Crippen LogP contribution in [0.1, 0.15) is 23.3 Å². The number of aromatic amines is 1. The molecular formula is C19H21FN4O4. The van der Waals surface area contributed by atoms with Gasteiger partial charge in [0.2, 0.25) is 5.91 Å². The van der Waals surface area contributed by atoms with Gasteiger partial charge in [0.15, 0.2) is 0 Å². The van der Waals surface area contributed by atoms with Crippen molar-refractivity contribution in [2.75, 3.05) is 26.7 Å². The van der Waals surface area contributed by atoms with Crippen LogP contribution in [0.25, 0.3) is 11.3 Å². The zero-order chi connectivity index (χ0) is 20.3. The van der Waals surface area contributed by atoms with Gasteiger partial charge in [0, 0.05) is 25.7 Å². The maximum absolute atomic E-state index is 13.0. The fourth-order valence-corrected chi connectivity index (χ4v) is 3.19. The predicted octanol–water partition coefficient (Wildman–Crippen LogP) is 1.61. The van der Waals surface area contributed by atoms with Crippen molar-refractivity contribution in [3.63, 3.8) is 0 Å². The van der Waals surface area contributed by atoms with Crippen LogP contribution in [0.15, 0.2) is 30.3 Å². The number of H-pyrrole nitrogens is 1. The van der Waals surface area contributed by atoms with Gasteiger partial charge in [-0.15, -0.1) is 0 Å². The molecule has 8 nitrogen and oxygen atoms in total. The molecule has 2 N–H and O–H groups in total. The van der Waals surface area contributed by atoms with Crippen molar-refractivity contribution in [2.24, 2.45) is 5.92 Å². The summed E-state index contributed by atoms with van der Waals surface area (Å²) < 4.78 is 13.0. The first-order valence-electron chi connectivity index (χ1n) is 8.92. The minimum Gasteiger partial charge on any atom is -0.481 e. The van der Waals surface area contributed by atoms with Gasteiger partial charge in [-0.25, -0.2) is 4.39 Å². The smallest absolute Gasteiger partial charge is 0.308 e. The number of rotatable bonds is 5. The van der Waals surface area contributed by atoms with Crippen LogP contribution in [0.4, 0.5) is 4.39 Å². The summed E-state index contributed by atoms with van der Waals surface area (Å²) in [4.78, 5) is 38.9. The highest BCUT2D eigenvalue weighted by molar-refractivity contribution is 5.95. The number of carboxylic acids is 1. The van der Waals surface area contributed by atoms with Crippen molar-refractivity contribution >= 4 is 17.8 Å². The summed E-state index contributed by atoms with van der Waals surface area (Å²) in [6, 6.07) is 7.26. The Kier molecular flexibility index (Phi) is 5.72. The Morgan fingerprint density at radius 3 is 2.71 bits per heavy atom. The van der Waals surface area contributed by atoms with Gasteiger partial charge in [-0.3, -0.25) is 19.5 Å². The first kappa shape index (κ1) is 19.5. The molecule has 1 unspecified atom stereocenters. The topological polar surface area (TPSA) is 107 Å². The van der Waals surface area contributed by atoms with E-state index in [1.807, 2.05) is 0 Å². The third-order valence-electron chi connectivity index (χ3n) is 4.79. The van der Waals surface area contributed by atoms with Gasteiger partial charge in [0.1, 0.15) is 11.5 Å². The lowest BCUT2D eigenvalue weighted by Crippen LogP contribution is -2.46. The number of hydrogen-bond acceptors (Lipinski definition) is 4. The van der Waals surface area contributed by atoms with E-state index < -0.39 is 17.8 Å².